The van der Waals surface area contributed by atoms with Gasteiger partial charge in [0.2, 0.25) is 0 Å². The molecule has 4 nitrogen and oxygen atoms in total. The largest absolute Gasteiger partial charge is 0.394 e. The SMILES string of the molecule is C=C=C(C)C(/C=C\CCCC[C@H]1CC[C@H]([C@H](O)CO)O1)=C(/C)N=CC. The first-order valence-electron chi connectivity index (χ1n) is 9.21. The van der Waals surface area contributed by atoms with Crippen LogP contribution in [0.15, 0.2) is 46.3 Å². The molecule has 0 bridgehead atoms. The van der Waals surface area contributed by atoms with E-state index in [1.807, 2.05) is 20.8 Å². The van der Waals surface area contributed by atoms with Crippen molar-refractivity contribution in [3.05, 3.63) is 41.3 Å². The molecule has 140 valence electrons. The molecule has 0 aromatic carbocycles. The van der Waals surface area contributed by atoms with Gasteiger partial charge in [0.1, 0.15) is 6.10 Å². The van der Waals surface area contributed by atoms with Gasteiger partial charge in [-0.25, -0.2) is 0 Å². The molecule has 1 aliphatic rings. The van der Waals surface area contributed by atoms with Gasteiger partial charge in [0.15, 0.2) is 0 Å². The normalized spacial score (nSPS) is 23.1. The number of aliphatic hydroxyl groups excluding tert-OH is 2. The Kier molecular flexibility index (Phi) is 10.4. The number of aliphatic imine (C=N–C) groups is 1. The Hall–Kier alpha value is -1.45. The molecule has 1 heterocycles. The van der Waals surface area contributed by atoms with Crippen molar-refractivity contribution in [1.29, 1.82) is 0 Å². The maximum atomic E-state index is 9.61. The van der Waals surface area contributed by atoms with E-state index in [1.165, 1.54) is 0 Å². The Balaban J connectivity index is 2.36. The van der Waals surface area contributed by atoms with E-state index in [1.54, 1.807) is 6.21 Å². The van der Waals surface area contributed by atoms with Crippen molar-refractivity contribution in [2.24, 2.45) is 4.99 Å². The minimum atomic E-state index is -0.742. The van der Waals surface area contributed by atoms with E-state index in [4.69, 9.17) is 9.84 Å². The summed E-state index contributed by atoms with van der Waals surface area (Å²) in [6, 6.07) is 0. The monoisotopic (exact) mass is 347 g/mol. The van der Waals surface area contributed by atoms with E-state index in [2.05, 4.69) is 29.5 Å². The quantitative estimate of drug-likeness (QED) is 0.271. The highest BCUT2D eigenvalue weighted by molar-refractivity contribution is 5.56. The van der Waals surface area contributed by atoms with Gasteiger partial charge in [-0.2, -0.15) is 0 Å². The van der Waals surface area contributed by atoms with Crippen molar-refractivity contribution in [2.75, 3.05) is 6.61 Å². The summed E-state index contributed by atoms with van der Waals surface area (Å²) in [7, 11) is 0. The number of nitrogens with zero attached hydrogens (tertiary/aromatic N) is 1. The predicted octanol–water partition coefficient (Wildman–Crippen LogP) is 4.10. The van der Waals surface area contributed by atoms with Crippen LogP contribution in [0, 0.1) is 0 Å². The lowest BCUT2D eigenvalue weighted by molar-refractivity contribution is -0.0554. The lowest BCUT2D eigenvalue weighted by Gasteiger charge is -2.17. The first-order valence-corrected chi connectivity index (χ1v) is 9.21. The van der Waals surface area contributed by atoms with Gasteiger partial charge in [-0.3, -0.25) is 4.99 Å². The summed E-state index contributed by atoms with van der Waals surface area (Å²) < 4.78 is 5.79. The standard InChI is InChI=1S/C21H33NO3/c1-5-16(3)19(17(4)22-6-2)12-10-8-7-9-11-18-13-14-21(25-18)20(24)15-23/h6,10,12,18,20-21,23-24H,1,7-9,11,13-15H2,2-4H3/b12-10-,19-17-,22-6?/t18-,20+,21+/m0/s1. The molecule has 0 unspecified atom stereocenters. The van der Waals surface area contributed by atoms with Crippen molar-refractivity contribution >= 4 is 6.21 Å². The van der Waals surface area contributed by atoms with Gasteiger partial charge in [-0.1, -0.05) is 25.2 Å². The highest BCUT2D eigenvalue weighted by Crippen LogP contribution is 2.26. The molecule has 1 saturated heterocycles. The van der Waals surface area contributed by atoms with Gasteiger partial charge < -0.3 is 14.9 Å². The molecule has 1 aliphatic heterocycles. The predicted molar refractivity (Wildman–Crippen MR) is 104 cm³/mol. The molecule has 3 atom stereocenters. The number of hydrogen-bond acceptors (Lipinski definition) is 4. The van der Waals surface area contributed by atoms with Crippen LogP contribution >= 0.6 is 0 Å². The Labute approximate surface area is 152 Å². The summed E-state index contributed by atoms with van der Waals surface area (Å²) >= 11 is 0. The highest BCUT2D eigenvalue weighted by Gasteiger charge is 2.29. The van der Waals surface area contributed by atoms with Gasteiger partial charge in [0.25, 0.3) is 0 Å². The number of aliphatic hydroxyl groups is 2. The van der Waals surface area contributed by atoms with Crippen molar-refractivity contribution in [2.45, 2.75) is 77.6 Å². The van der Waals surface area contributed by atoms with E-state index in [0.29, 0.717) is 0 Å². The molecule has 4 heteroatoms. The molecular weight excluding hydrogens is 314 g/mol. The van der Waals surface area contributed by atoms with Crippen molar-refractivity contribution in [3.63, 3.8) is 0 Å². The molecular formula is C21H33NO3. The fraction of sp³-hybridized carbons (Fsp3) is 0.619. The van der Waals surface area contributed by atoms with Crippen LogP contribution in [0.3, 0.4) is 0 Å². The second-order valence-electron chi connectivity index (χ2n) is 6.50. The molecule has 0 radical (unpaired) electrons. The lowest BCUT2D eigenvalue weighted by Crippen LogP contribution is -2.29. The average molecular weight is 347 g/mol. The molecule has 0 spiro atoms. The number of rotatable bonds is 10. The van der Waals surface area contributed by atoms with Crippen LogP contribution in [0.4, 0.5) is 0 Å². The summed E-state index contributed by atoms with van der Waals surface area (Å²) in [6.45, 7) is 9.40. The summed E-state index contributed by atoms with van der Waals surface area (Å²) in [4.78, 5) is 4.35. The topological polar surface area (TPSA) is 62.0 Å². The third-order valence-electron chi connectivity index (χ3n) is 4.57. The fourth-order valence-electron chi connectivity index (χ4n) is 3.06. The van der Waals surface area contributed by atoms with Crippen LogP contribution in [-0.2, 0) is 4.74 Å². The van der Waals surface area contributed by atoms with E-state index >= 15 is 0 Å². The Morgan fingerprint density at radius 2 is 2.12 bits per heavy atom. The molecule has 0 aliphatic carbocycles. The number of allylic oxidation sites excluding steroid dienone is 5. The number of unbranched alkanes of at least 4 members (excludes halogenated alkanes) is 2. The maximum Gasteiger partial charge on any atom is 0.103 e. The zero-order valence-corrected chi connectivity index (χ0v) is 15.9. The van der Waals surface area contributed by atoms with Gasteiger partial charge >= 0.3 is 0 Å². The van der Waals surface area contributed by atoms with E-state index < -0.39 is 6.10 Å². The minimum Gasteiger partial charge on any atom is -0.394 e. The molecule has 1 rings (SSSR count). The van der Waals surface area contributed by atoms with Gasteiger partial charge in [-0.05, 0) is 58.4 Å². The summed E-state index contributed by atoms with van der Waals surface area (Å²) in [5, 5.41) is 18.6. The molecule has 1 fully saturated rings. The van der Waals surface area contributed by atoms with Crippen LogP contribution in [0.2, 0.25) is 0 Å². The third-order valence-corrected chi connectivity index (χ3v) is 4.57. The zero-order chi connectivity index (χ0) is 18.7. The smallest absolute Gasteiger partial charge is 0.103 e. The molecule has 2 N–H and O–H groups in total. The molecule has 0 amide bonds. The molecule has 25 heavy (non-hydrogen) atoms. The van der Waals surface area contributed by atoms with Crippen LogP contribution in [-0.4, -0.2) is 41.3 Å². The number of ether oxygens (including phenoxy) is 1. The average Bonchev–Trinajstić information content (AvgIpc) is 3.08. The van der Waals surface area contributed by atoms with E-state index in [0.717, 1.165) is 55.4 Å². The van der Waals surface area contributed by atoms with Crippen LogP contribution in [0.5, 0.6) is 0 Å². The van der Waals surface area contributed by atoms with E-state index in [9.17, 15) is 5.11 Å². The van der Waals surface area contributed by atoms with Crippen molar-refractivity contribution in [1.82, 2.24) is 0 Å². The lowest BCUT2D eigenvalue weighted by atomic mass is 10.0. The molecule has 0 aromatic heterocycles. The molecule has 0 aromatic rings. The van der Waals surface area contributed by atoms with Crippen LogP contribution < -0.4 is 0 Å². The second-order valence-corrected chi connectivity index (χ2v) is 6.50. The van der Waals surface area contributed by atoms with Gasteiger partial charge in [0, 0.05) is 17.5 Å². The second kappa shape index (κ2) is 12.0. The van der Waals surface area contributed by atoms with Crippen LogP contribution in [0.25, 0.3) is 0 Å². The first-order chi connectivity index (χ1) is 12.0. The number of hydrogen-bond donors (Lipinski definition) is 2. The van der Waals surface area contributed by atoms with E-state index in [-0.39, 0.29) is 18.8 Å². The summed E-state index contributed by atoms with van der Waals surface area (Å²) in [5.74, 6) is 0. The Morgan fingerprint density at radius 3 is 2.76 bits per heavy atom. The Bertz CT molecular complexity index is 541. The maximum absolute atomic E-state index is 9.61. The summed E-state index contributed by atoms with van der Waals surface area (Å²) in [5.41, 5.74) is 6.00. The van der Waals surface area contributed by atoms with Crippen molar-refractivity contribution in [3.8, 4) is 0 Å². The summed E-state index contributed by atoms with van der Waals surface area (Å²) in [6.07, 6.45) is 11.4. The Morgan fingerprint density at radius 1 is 1.36 bits per heavy atom. The fourth-order valence-corrected chi connectivity index (χ4v) is 3.06. The molecule has 0 saturated carbocycles. The zero-order valence-electron chi connectivity index (χ0n) is 15.9. The first kappa shape index (κ1) is 21.6. The van der Waals surface area contributed by atoms with Crippen molar-refractivity contribution < 1.29 is 14.9 Å². The van der Waals surface area contributed by atoms with Gasteiger partial charge in [-0.15, -0.1) is 5.73 Å². The minimum absolute atomic E-state index is 0.196. The van der Waals surface area contributed by atoms with Gasteiger partial charge in [0.05, 0.1) is 18.8 Å². The van der Waals surface area contributed by atoms with Crippen LogP contribution in [0.1, 0.15) is 59.3 Å². The third kappa shape index (κ3) is 7.54. The highest BCUT2D eigenvalue weighted by atomic mass is 16.5.